The molecule has 1 aliphatic rings. The zero-order chi connectivity index (χ0) is 12.5. The number of ether oxygens (including phenoxy) is 1. The Morgan fingerprint density at radius 1 is 1.44 bits per heavy atom. The minimum atomic E-state index is -4.44. The average Bonchev–Trinajstić information content (AvgIpc) is 2.72. The Labute approximate surface area is 113 Å². The highest BCUT2D eigenvalue weighted by Crippen LogP contribution is 2.33. The first-order valence-corrected chi connectivity index (χ1v) is 5.45. The molecule has 1 atom stereocenters. The predicted molar refractivity (Wildman–Crippen MR) is 63.4 cm³/mol. The molecule has 3 nitrogen and oxygen atoms in total. The van der Waals surface area contributed by atoms with Crippen LogP contribution in [0.4, 0.5) is 13.2 Å². The molecular formula is C10H11Cl2F3N2O. The first-order valence-electron chi connectivity index (χ1n) is 5.07. The van der Waals surface area contributed by atoms with Crippen LogP contribution in [0.5, 0.6) is 5.88 Å². The molecule has 0 aliphatic carbocycles. The molecule has 1 aromatic heterocycles. The molecule has 18 heavy (non-hydrogen) atoms. The lowest BCUT2D eigenvalue weighted by Crippen LogP contribution is -2.20. The quantitative estimate of drug-likeness (QED) is 0.912. The number of hydrogen-bond acceptors (Lipinski definition) is 3. The van der Waals surface area contributed by atoms with Gasteiger partial charge in [-0.3, -0.25) is 0 Å². The van der Waals surface area contributed by atoms with E-state index in [1.807, 2.05) is 0 Å². The summed E-state index contributed by atoms with van der Waals surface area (Å²) in [5, 5.41) is 2.95. The molecule has 0 spiro atoms. The third-order valence-corrected chi connectivity index (χ3v) is 2.70. The maximum absolute atomic E-state index is 12.4. The van der Waals surface area contributed by atoms with Gasteiger partial charge in [-0.1, -0.05) is 11.6 Å². The summed E-state index contributed by atoms with van der Waals surface area (Å²) in [6.45, 7) is 1.47. The zero-order valence-electron chi connectivity index (χ0n) is 9.13. The summed E-state index contributed by atoms with van der Waals surface area (Å²) >= 11 is 5.71. The lowest BCUT2D eigenvalue weighted by atomic mass is 10.3. The Bertz CT molecular complexity index is 409. The third kappa shape index (κ3) is 3.63. The fraction of sp³-hybridized carbons (Fsp3) is 0.500. The molecule has 1 N–H and O–H groups in total. The van der Waals surface area contributed by atoms with E-state index in [1.165, 1.54) is 0 Å². The van der Waals surface area contributed by atoms with Crippen molar-refractivity contribution in [2.45, 2.75) is 18.7 Å². The molecule has 0 unspecified atom stereocenters. The van der Waals surface area contributed by atoms with Crippen molar-refractivity contribution in [2.24, 2.45) is 0 Å². The molecule has 0 amide bonds. The monoisotopic (exact) mass is 302 g/mol. The van der Waals surface area contributed by atoms with Crippen LogP contribution in [-0.2, 0) is 6.18 Å². The summed E-state index contributed by atoms with van der Waals surface area (Å²) in [5.41, 5.74) is -0.876. The Balaban J connectivity index is 0.00000162. The van der Waals surface area contributed by atoms with Gasteiger partial charge in [-0.15, -0.1) is 12.4 Å². The van der Waals surface area contributed by atoms with Gasteiger partial charge in [0.05, 0.1) is 5.56 Å². The molecule has 1 aliphatic heterocycles. The van der Waals surface area contributed by atoms with Crippen LogP contribution < -0.4 is 10.1 Å². The maximum atomic E-state index is 12.4. The highest BCUT2D eigenvalue weighted by atomic mass is 35.5. The SMILES string of the molecule is Cl.FC(F)(F)c1cnc(O[C@@H]2CCNC2)c(Cl)c1. The topological polar surface area (TPSA) is 34.1 Å². The standard InChI is InChI=1S/C10H10ClF3N2O.ClH/c11-8-3-6(10(12,13)14)4-16-9(8)17-7-1-2-15-5-7;/h3-4,7,15H,1-2,5H2;1H/t7-;/m1./s1. The number of nitrogens with one attached hydrogen (secondary N) is 1. The Hall–Kier alpha value is -0.720. The van der Waals surface area contributed by atoms with Crippen molar-refractivity contribution in [3.63, 3.8) is 0 Å². The molecule has 0 aromatic carbocycles. The minimum absolute atomic E-state index is 0. The highest BCUT2D eigenvalue weighted by Gasteiger charge is 2.32. The second kappa shape index (κ2) is 5.95. The molecule has 0 bridgehead atoms. The van der Waals surface area contributed by atoms with Gasteiger partial charge in [-0.05, 0) is 19.0 Å². The summed E-state index contributed by atoms with van der Waals surface area (Å²) in [7, 11) is 0. The fourth-order valence-corrected chi connectivity index (χ4v) is 1.76. The van der Waals surface area contributed by atoms with Crippen LogP contribution in [-0.4, -0.2) is 24.2 Å². The van der Waals surface area contributed by atoms with Crippen molar-refractivity contribution in [1.82, 2.24) is 10.3 Å². The van der Waals surface area contributed by atoms with E-state index in [2.05, 4.69) is 10.3 Å². The second-order valence-electron chi connectivity index (χ2n) is 3.74. The molecule has 102 valence electrons. The van der Waals surface area contributed by atoms with Crippen LogP contribution >= 0.6 is 24.0 Å². The van der Waals surface area contributed by atoms with Crippen molar-refractivity contribution in [2.75, 3.05) is 13.1 Å². The third-order valence-electron chi connectivity index (χ3n) is 2.43. The average molecular weight is 303 g/mol. The van der Waals surface area contributed by atoms with Crippen molar-refractivity contribution in [3.05, 3.63) is 22.8 Å². The van der Waals surface area contributed by atoms with Crippen LogP contribution in [0.2, 0.25) is 5.02 Å². The lowest BCUT2D eigenvalue weighted by Gasteiger charge is -2.13. The Morgan fingerprint density at radius 2 is 2.17 bits per heavy atom. The summed E-state index contributed by atoms with van der Waals surface area (Å²) in [6, 6.07) is 0.826. The molecule has 0 radical (unpaired) electrons. The first kappa shape index (κ1) is 15.3. The number of rotatable bonds is 2. The van der Waals surface area contributed by atoms with Gasteiger partial charge >= 0.3 is 6.18 Å². The van der Waals surface area contributed by atoms with Crippen molar-refractivity contribution in [1.29, 1.82) is 0 Å². The summed E-state index contributed by atoms with van der Waals surface area (Å²) in [6.07, 6.45) is -3.01. The molecule has 2 heterocycles. The van der Waals surface area contributed by atoms with E-state index in [-0.39, 0.29) is 29.4 Å². The van der Waals surface area contributed by atoms with Gasteiger partial charge in [0.25, 0.3) is 0 Å². The molecule has 0 saturated carbocycles. The minimum Gasteiger partial charge on any atom is -0.472 e. The van der Waals surface area contributed by atoms with E-state index in [4.69, 9.17) is 16.3 Å². The van der Waals surface area contributed by atoms with Crippen LogP contribution in [0.25, 0.3) is 0 Å². The molecule has 1 aromatic rings. The number of aromatic nitrogens is 1. The van der Waals surface area contributed by atoms with Crippen molar-refractivity contribution >= 4 is 24.0 Å². The summed E-state index contributed by atoms with van der Waals surface area (Å²) < 4.78 is 42.5. The summed E-state index contributed by atoms with van der Waals surface area (Å²) in [4.78, 5) is 3.61. The smallest absolute Gasteiger partial charge is 0.417 e. The first-order chi connectivity index (χ1) is 7.97. The molecule has 1 fully saturated rings. The van der Waals surface area contributed by atoms with Crippen molar-refractivity contribution in [3.8, 4) is 5.88 Å². The largest absolute Gasteiger partial charge is 0.472 e. The number of halogens is 5. The normalized spacial score (nSPS) is 19.4. The van der Waals surface area contributed by atoms with E-state index in [0.29, 0.717) is 6.54 Å². The van der Waals surface area contributed by atoms with Crippen LogP contribution in [0, 0.1) is 0 Å². The van der Waals surface area contributed by atoms with Crippen LogP contribution in [0.15, 0.2) is 12.3 Å². The molecular weight excluding hydrogens is 292 g/mol. The maximum Gasteiger partial charge on any atom is 0.417 e. The Morgan fingerprint density at radius 3 is 2.67 bits per heavy atom. The van der Waals surface area contributed by atoms with E-state index in [9.17, 15) is 13.2 Å². The van der Waals surface area contributed by atoms with E-state index in [1.54, 1.807) is 0 Å². The van der Waals surface area contributed by atoms with Gasteiger partial charge < -0.3 is 10.1 Å². The van der Waals surface area contributed by atoms with E-state index < -0.39 is 11.7 Å². The molecule has 1 saturated heterocycles. The number of alkyl halides is 3. The number of hydrogen-bond donors (Lipinski definition) is 1. The second-order valence-corrected chi connectivity index (χ2v) is 4.15. The van der Waals surface area contributed by atoms with Crippen LogP contribution in [0.3, 0.4) is 0 Å². The van der Waals surface area contributed by atoms with E-state index in [0.717, 1.165) is 25.2 Å². The Kier molecular flexibility index (Phi) is 5.07. The van der Waals surface area contributed by atoms with Gasteiger partial charge in [0.1, 0.15) is 11.1 Å². The molecule has 8 heteroatoms. The number of nitrogens with zero attached hydrogens (tertiary/aromatic N) is 1. The van der Waals surface area contributed by atoms with Gasteiger partial charge in [-0.25, -0.2) is 4.98 Å². The van der Waals surface area contributed by atoms with Gasteiger partial charge in [0.15, 0.2) is 0 Å². The zero-order valence-corrected chi connectivity index (χ0v) is 10.7. The predicted octanol–water partition coefficient (Wildman–Crippen LogP) is 2.92. The number of pyridine rings is 1. The molecule has 2 rings (SSSR count). The highest BCUT2D eigenvalue weighted by molar-refractivity contribution is 6.31. The summed E-state index contributed by atoms with van der Waals surface area (Å²) in [5.74, 6) is 0.0494. The van der Waals surface area contributed by atoms with Crippen molar-refractivity contribution < 1.29 is 17.9 Å². The lowest BCUT2D eigenvalue weighted by molar-refractivity contribution is -0.137. The van der Waals surface area contributed by atoms with Gasteiger partial charge in [-0.2, -0.15) is 13.2 Å². The van der Waals surface area contributed by atoms with Crippen LogP contribution in [0.1, 0.15) is 12.0 Å². The van der Waals surface area contributed by atoms with E-state index >= 15 is 0 Å². The van der Waals surface area contributed by atoms with Gasteiger partial charge in [0.2, 0.25) is 5.88 Å². The van der Waals surface area contributed by atoms with Gasteiger partial charge in [0, 0.05) is 12.7 Å². The fourth-order valence-electron chi connectivity index (χ4n) is 1.55.